The van der Waals surface area contributed by atoms with E-state index in [-0.39, 0.29) is 11.9 Å². The first-order valence-corrected chi connectivity index (χ1v) is 6.84. The summed E-state index contributed by atoms with van der Waals surface area (Å²) in [6.45, 7) is 1.52. The molecular formula is C12H16IN3O. The number of halogens is 1. The second kappa shape index (κ2) is 6.32. The molecule has 5 heteroatoms. The van der Waals surface area contributed by atoms with Gasteiger partial charge in [-0.2, -0.15) is 0 Å². The summed E-state index contributed by atoms with van der Waals surface area (Å²) in [5.41, 5.74) is 7.15. The van der Waals surface area contributed by atoms with Gasteiger partial charge >= 0.3 is 0 Å². The molecule has 0 radical (unpaired) electrons. The first kappa shape index (κ1) is 12.8. The molecule has 0 aromatic heterocycles. The first-order chi connectivity index (χ1) is 8.25. The van der Waals surface area contributed by atoms with Crippen molar-refractivity contribution in [2.24, 2.45) is 0 Å². The Morgan fingerprint density at radius 3 is 3.12 bits per heavy atom. The molecule has 1 atom stereocenters. The fourth-order valence-corrected chi connectivity index (χ4v) is 2.43. The SMILES string of the molecule is O=C(NCc1cccc(I)c1)C1CCCNN1. The van der Waals surface area contributed by atoms with E-state index in [1.807, 2.05) is 18.2 Å². The maximum atomic E-state index is 11.8. The lowest BCUT2D eigenvalue weighted by atomic mass is 10.1. The Morgan fingerprint density at radius 2 is 2.41 bits per heavy atom. The quantitative estimate of drug-likeness (QED) is 0.721. The van der Waals surface area contributed by atoms with Crippen LogP contribution in [0, 0.1) is 3.57 Å². The summed E-state index contributed by atoms with van der Waals surface area (Å²) < 4.78 is 1.19. The minimum atomic E-state index is -0.105. The zero-order valence-electron chi connectivity index (χ0n) is 9.50. The molecule has 1 heterocycles. The van der Waals surface area contributed by atoms with Crippen molar-refractivity contribution in [2.75, 3.05) is 6.54 Å². The molecule has 4 nitrogen and oxygen atoms in total. The second-order valence-corrected chi connectivity index (χ2v) is 5.36. The van der Waals surface area contributed by atoms with Gasteiger partial charge in [0.15, 0.2) is 0 Å². The summed E-state index contributed by atoms with van der Waals surface area (Å²) in [4.78, 5) is 11.8. The number of hydrazine groups is 1. The van der Waals surface area contributed by atoms with Gasteiger partial charge in [-0.3, -0.25) is 10.2 Å². The molecule has 0 saturated carbocycles. The summed E-state index contributed by atoms with van der Waals surface area (Å²) in [6.07, 6.45) is 1.93. The highest BCUT2D eigenvalue weighted by Crippen LogP contribution is 2.08. The van der Waals surface area contributed by atoms with Crippen LogP contribution in [0.5, 0.6) is 0 Å². The van der Waals surface area contributed by atoms with Crippen molar-refractivity contribution in [2.45, 2.75) is 25.4 Å². The van der Waals surface area contributed by atoms with Crippen LogP contribution in [0.4, 0.5) is 0 Å². The van der Waals surface area contributed by atoms with Gasteiger partial charge in [-0.15, -0.1) is 0 Å². The lowest BCUT2D eigenvalue weighted by Crippen LogP contribution is -2.53. The van der Waals surface area contributed by atoms with Crippen LogP contribution in [0.2, 0.25) is 0 Å². The van der Waals surface area contributed by atoms with E-state index in [4.69, 9.17) is 0 Å². The minimum absolute atomic E-state index is 0.0658. The van der Waals surface area contributed by atoms with Crippen LogP contribution in [0.1, 0.15) is 18.4 Å². The third-order valence-corrected chi connectivity index (χ3v) is 3.41. The predicted octanol–water partition coefficient (Wildman–Crippen LogP) is 1.16. The van der Waals surface area contributed by atoms with Gasteiger partial charge in [0.05, 0.1) is 6.04 Å². The van der Waals surface area contributed by atoms with Gasteiger partial charge in [0.2, 0.25) is 5.91 Å². The maximum Gasteiger partial charge on any atom is 0.238 e. The van der Waals surface area contributed by atoms with Gasteiger partial charge < -0.3 is 5.32 Å². The number of amides is 1. The highest BCUT2D eigenvalue weighted by Gasteiger charge is 2.19. The predicted molar refractivity (Wildman–Crippen MR) is 75.2 cm³/mol. The van der Waals surface area contributed by atoms with Gasteiger partial charge in [0.1, 0.15) is 0 Å². The highest BCUT2D eigenvalue weighted by molar-refractivity contribution is 14.1. The van der Waals surface area contributed by atoms with Crippen LogP contribution in [0.25, 0.3) is 0 Å². The molecule has 17 heavy (non-hydrogen) atoms. The molecule has 0 bridgehead atoms. The number of benzene rings is 1. The lowest BCUT2D eigenvalue weighted by molar-refractivity contribution is -0.124. The molecule has 0 aliphatic carbocycles. The fraction of sp³-hybridized carbons (Fsp3) is 0.417. The Bertz CT molecular complexity index is 391. The number of carbonyl (C=O) groups is 1. The third kappa shape index (κ3) is 3.93. The van der Waals surface area contributed by atoms with Crippen LogP contribution in [-0.4, -0.2) is 18.5 Å². The molecule has 92 valence electrons. The summed E-state index contributed by atoms with van der Waals surface area (Å²) >= 11 is 2.27. The van der Waals surface area contributed by atoms with E-state index in [2.05, 4.69) is 44.8 Å². The Kier molecular flexibility index (Phi) is 4.75. The maximum absolute atomic E-state index is 11.8. The van der Waals surface area contributed by atoms with Crippen LogP contribution >= 0.6 is 22.6 Å². The standard InChI is InChI=1S/C12H16IN3O/c13-10-4-1-3-9(7-10)8-14-12(17)11-5-2-6-15-16-11/h1,3-4,7,11,15-16H,2,5-6,8H2,(H,14,17). The minimum Gasteiger partial charge on any atom is -0.351 e. The topological polar surface area (TPSA) is 53.2 Å². The molecular weight excluding hydrogens is 329 g/mol. The van der Waals surface area contributed by atoms with E-state index in [9.17, 15) is 4.79 Å². The largest absolute Gasteiger partial charge is 0.351 e. The highest BCUT2D eigenvalue weighted by atomic mass is 127. The number of nitrogens with one attached hydrogen (secondary N) is 3. The van der Waals surface area contributed by atoms with E-state index < -0.39 is 0 Å². The monoisotopic (exact) mass is 345 g/mol. The average molecular weight is 345 g/mol. The molecule has 1 fully saturated rings. The first-order valence-electron chi connectivity index (χ1n) is 5.76. The van der Waals surface area contributed by atoms with Crippen LogP contribution in [-0.2, 0) is 11.3 Å². The number of rotatable bonds is 3. The van der Waals surface area contributed by atoms with Crippen LogP contribution in [0.3, 0.4) is 0 Å². The van der Waals surface area contributed by atoms with E-state index in [1.165, 1.54) is 3.57 Å². The zero-order valence-corrected chi connectivity index (χ0v) is 11.7. The summed E-state index contributed by atoms with van der Waals surface area (Å²) in [5.74, 6) is 0.0658. The zero-order chi connectivity index (χ0) is 12.1. The van der Waals surface area contributed by atoms with Crippen LogP contribution in [0.15, 0.2) is 24.3 Å². The van der Waals surface area contributed by atoms with Gasteiger partial charge in [0, 0.05) is 16.7 Å². The van der Waals surface area contributed by atoms with E-state index in [0.29, 0.717) is 6.54 Å². The molecule has 1 saturated heterocycles. The molecule has 1 amide bonds. The van der Waals surface area contributed by atoms with Crippen molar-refractivity contribution >= 4 is 28.5 Å². The van der Waals surface area contributed by atoms with E-state index in [0.717, 1.165) is 24.9 Å². The average Bonchev–Trinajstić information content (AvgIpc) is 2.37. The fourth-order valence-electron chi connectivity index (χ4n) is 1.82. The van der Waals surface area contributed by atoms with Gasteiger partial charge in [-0.05, 0) is 53.1 Å². The van der Waals surface area contributed by atoms with Crippen LogP contribution < -0.4 is 16.2 Å². The molecule has 2 rings (SSSR count). The van der Waals surface area contributed by atoms with Gasteiger partial charge in [0.25, 0.3) is 0 Å². The second-order valence-electron chi connectivity index (χ2n) is 4.11. The number of hydrogen-bond donors (Lipinski definition) is 3. The molecule has 0 spiro atoms. The smallest absolute Gasteiger partial charge is 0.238 e. The van der Waals surface area contributed by atoms with Crippen molar-refractivity contribution in [3.05, 3.63) is 33.4 Å². The Hall–Kier alpha value is -0.660. The van der Waals surface area contributed by atoms with E-state index in [1.54, 1.807) is 0 Å². The van der Waals surface area contributed by atoms with Crippen molar-refractivity contribution < 1.29 is 4.79 Å². The Balaban J connectivity index is 1.83. The number of carbonyl (C=O) groups excluding carboxylic acids is 1. The normalized spacial score (nSPS) is 19.9. The summed E-state index contributed by atoms with van der Waals surface area (Å²) in [7, 11) is 0. The summed E-state index contributed by atoms with van der Waals surface area (Å²) in [5, 5.41) is 2.95. The molecule has 1 aliphatic rings. The third-order valence-electron chi connectivity index (χ3n) is 2.74. The molecule has 1 aliphatic heterocycles. The van der Waals surface area contributed by atoms with Crippen molar-refractivity contribution in [3.8, 4) is 0 Å². The van der Waals surface area contributed by atoms with Gasteiger partial charge in [-0.1, -0.05) is 12.1 Å². The van der Waals surface area contributed by atoms with Crippen molar-refractivity contribution in [1.29, 1.82) is 0 Å². The Labute approximate surface area is 115 Å². The lowest BCUT2D eigenvalue weighted by Gasteiger charge is -2.23. The molecule has 1 aromatic carbocycles. The number of hydrogen-bond acceptors (Lipinski definition) is 3. The molecule has 3 N–H and O–H groups in total. The van der Waals surface area contributed by atoms with Gasteiger partial charge in [-0.25, -0.2) is 5.43 Å². The summed E-state index contributed by atoms with van der Waals surface area (Å²) in [6, 6.07) is 8.04. The molecule has 1 aromatic rings. The van der Waals surface area contributed by atoms with Crippen molar-refractivity contribution in [3.63, 3.8) is 0 Å². The Morgan fingerprint density at radius 1 is 1.53 bits per heavy atom. The van der Waals surface area contributed by atoms with Crippen molar-refractivity contribution in [1.82, 2.24) is 16.2 Å². The van der Waals surface area contributed by atoms with E-state index >= 15 is 0 Å². The molecule has 1 unspecified atom stereocenters.